The van der Waals surface area contributed by atoms with Crippen molar-refractivity contribution < 1.29 is 49.3 Å². The number of phenolic OH excluding ortho intramolecular Hbond substituents is 3. The van der Waals surface area contributed by atoms with E-state index in [1.54, 1.807) is 18.2 Å². The van der Waals surface area contributed by atoms with Crippen LogP contribution in [0.3, 0.4) is 0 Å². The smallest absolute Gasteiger partial charge is 0.234 e. The quantitative estimate of drug-likeness (QED) is 0.399. The topological polar surface area (TPSA) is 163 Å². The summed E-state index contributed by atoms with van der Waals surface area (Å²) in [5.41, 5.74) is 0.796. The average molecular weight is 482 g/mol. The maximum Gasteiger partial charge on any atom is 0.234 e. The van der Waals surface area contributed by atoms with Crippen LogP contribution in [0.15, 0.2) is 42.0 Å². The Kier molecular flexibility index (Phi) is 4.51. The number of carbonyl (C=O) groups is 2. The van der Waals surface area contributed by atoms with Crippen LogP contribution in [0.25, 0.3) is 0 Å². The third kappa shape index (κ3) is 2.81. The van der Waals surface area contributed by atoms with Gasteiger partial charge < -0.3 is 39.7 Å². The predicted octanol–water partition coefficient (Wildman–Crippen LogP) is 0.990. The molecule has 182 valence electrons. The number of aliphatic hydroxyl groups is 2. The number of phenols is 3. The molecule has 1 saturated heterocycles. The summed E-state index contributed by atoms with van der Waals surface area (Å²) >= 11 is 0. The molecular formula is C25H22O10. The minimum Gasteiger partial charge on any atom is -0.508 e. The summed E-state index contributed by atoms with van der Waals surface area (Å²) in [6, 6.07) is 6.91. The number of ketones is 2. The van der Waals surface area contributed by atoms with E-state index in [4.69, 9.17) is 14.2 Å². The van der Waals surface area contributed by atoms with Crippen LogP contribution < -0.4 is 9.47 Å². The zero-order valence-electron chi connectivity index (χ0n) is 18.4. The molecule has 0 radical (unpaired) electrons. The van der Waals surface area contributed by atoms with Crippen molar-refractivity contribution in [2.75, 3.05) is 13.7 Å². The van der Waals surface area contributed by atoms with Crippen LogP contribution in [-0.2, 0) is 9.53 Å². The lowest BCUT2D eigenvalue weighted by Gasteiger charge is -2.50. The lowest BCUT2D eigenvalue weighted by molar-refractivity contribution is -0.206. The normalized spacial score (nSPS) is 34.9. The number of Topliss-reactive ketones (excluding diaryl/α,β-unsaturated/α-hetero) is 2. The van der Waals surface area contributed by atoms with Crippen molar-refractivity contribution in [1.82, 2.24) is 0 Å². The van der Waals surface area contributed by atoms with Crippen LogP contribution in [0.1, 0.15) is 21.8 Å². The zero-order valence-corrected chi connectivity index (χ0v) is 18.4. The highest BCUT2D eigenvalue weighted by Crippen LogP contribution is 2.61. The summed E-state index contributed by atoms with van der Waals surface area (Å²) in [6.07, 6.45) is -1.37. The molecule has 0 unspecified atom stereocenters. The minimum absolute atomic E-state index is 0.0452. The van der Waals surface area contributed by atoms with E-state index in [1.807, 2.05) is 0 Å². The first kappa shape index (κ1) is 21.9. The first-order valence-electron chi connectivity index (χ1n) is 11.1. The van der Waals surface area contributed by atoms with Crippen LogP contribution in [0.2, 0.25) is 0 Å². The van der Waals surface area contributed by atoms with Crippen molar-refractivity contribution in [3.05, 3.63) is 53.1 Å². The monoisotopic (exact) mass is 482 g/mol. The molecule has 7 atom stereocenters. The Morgan fingerprint density at radius 1 is 1.09 bits per heavy atom. The van der Waals surface area contributed by atoms with Crippen molar-refractivity contribution in [2.24, 2.45) is 17.8 Å². The fraction of sp³-hybridized carbons (Fsp3) is 0.360. The van der Waals surface area contributed by atoms with Gasteiger partial charge in [0, 0.05) is 29.9 Å². The zero-order chi connectivity index (χ0) is 24.8. The SMILES string of the molecule is COc1cc([C@@H]2[C@H]3CO[C@]4(O)C(=O)[C@@H]2C=C([C@H]2Oc5cc(O)cc(O)c5C(=O)[C@@H]2O)[C@H]34)ccc1O. The standard InChI is InChI=1S/C25H22O10/c1-33-16-4-9(2-3-14(16)27)18-11-7-12(20-13(18)8-34-25(20,32)24(11)31)23-22(30)21(29)19-15(28)5-10(26)6-17(19)35-23/h2-7,11,13,18,20,22-23,26-28,30,32H,8H2,1H3/t11-,13-,18+,20-,22+,23-,25+/m1/s1. The summed E-state index contributed by atoms with van der Waals surface area (Å²) in [5, 5.41) is 52.0. The molecule has 35 heavy (non-hydrogen) atoms. The minimum atomic E-state index is -2.13. The highest BCUT2D eigenvalue weighted by molar-refractivity contribution is 6.06. The van der Waals surface area contributed by atoms with Gasteiger partial charge in [0.25, 0.3) is 0 Å². The molecule has 2 aliphatic heterocycles. The van der Waals surface area contributed by atoms with E-state index in [9.17, 15) is 35.1 Å². The second-order valence-corrected chi connectivity index (χ2v) is 9.35. The van der Waals surface area contributed by atoms with Gasteiger partial charge in [-0.15, -0.1) is 0 Å². The summed E-state index contributed by atoms with van der Waals surface area (Å²) in [4.78, 5) is 26.2. The number of ether oxygens (including phenoxy) is 3. The Hall–Kier alpha value is -3.60. The molecular weight excluding hydrogens is 460 g/mol. The number of fused-ring (bicyclic) bond motifs is 1. The fourth-order valence-corrected chi connectivity index (χ4v) is 6.16. The van der Waals surface area contributed by atoms with Gasteiger partial charge in [0.15, 0.2) is 29.5 Å². The summed E-state index contributed by atoms with van der Waals surface area (Å²) < 4.78 is 16.7. The van der Waals surface area contributed by atoms with Crippen LogP contribution >= 0.6 is 0 Å². The maximum absolute atomic E-state index is 13.3. The first-order valence-corrected chi connectivity index (χ1v) is 11.1. The van der Waals surface area contributed by atoms with Gasteiger partial charge in [-0.25, -0.2) is 0 Å². The van der Waals surface area contributed by atoms with Crippen LogP contribution in [-0.4, -0.2) is 68.8 Å². The van der Waals surface area contributed by atoms with E-state index in [2.05, 4.69) is 0 Å². The summed E-state index contributed by atoms with van der Waals surface area (Å²) in [7, 11) is 1.42. The number of benzene rings is 2. The Balaban J connectivity index is 1.46. The summed E-state index contributed by atoms with van der Waals surface area (Å²) in [5.74, 6) is -6.84. The molecule has 2 heterocycles. The molecule has 2 fully saturated rings. The first-order chi connectivity index (χ1) is 16.7. The van der Waals surface area contributed by atoms with Gasteiger partial charge in [-0.05, 0) is 23.3 Å². The molecule has 5 aliphatic rings. The third-order valence-corrected chi connectivity index (χ3v) is 7.62. The molecule has 1 saturated carbocycles. The van der Waals surface area contributed by atoms with Gasteiger partial charge >= 0.3 is 0 Å². The van der Waals surface area contributed by atoms with E-state index >= 15 is 0 Å². The van der Waals surface area contributed by atoms with Crippen LogP contribution in [0, 0.1) is 17.8 Å². The number of allylic oxidation sites excluding steroid dienone is 1. The number of hydrogen-bond donors (Lipinski definition) is 5. The molecule has 2 aromatic rings. The van der Waals surface area contributed by atoms with Crippen molar-refractivity contribution in [1.29, 1.82) is 0 Å². The highest BCUT2D eigenvalue weighted by Gasteiger charge is 2.69. The number of carbonyl (C=O) groups excluding carboxylic acids is 2. The fourth-order valence-electron chi connectivity index (χ4n) is 6.16. The van der Waals surface area contributed by atoms with E-state index in [0.29, 0.717) is 11.1 Å². The second-order valence-electron chi connectivity index (χ2n) is 9.35. The molecule has 0 amide bonds. The van der Waals surface area contributed by atoms with Crippen molar-refractivity contribution in [2.45, 2.75) is 23.9 Å². The van der Waals surface area contributed by atoms with Gasteiger partial charge in [-0.2, -0.15) is 0 Å². The van der Waals surface area contributed by atoms with E-state index in [0.717, 1.165) is 12.1 Å². The molecule has 0 aromatic heterocycles. The van der Waals surface area contributed by atoms with Gasteiger partial charge in [0.1, 0.15) is 22.8 Å². The van der Waals surface area contributed by atoms with Gasteiger partial charge in [-0.1, -0.05) is 12.1 Å². The highest BCUT2D eigenvalue weighted by atomic mass is 16.6. The Morgan fingerprint density at radius 2 is 1.86 bits per heavy atom. The molecule has 3 aliphatic carbocycles. The maximum atomic E-state index is 13.3. The third-order valence-electron chi connectivity index (χ3n) is 7.62. The molecule has 5 N–H and O–H groups in total. The lowest BCUT2D eigenvalue weighted by Crippen LogP contribution is -2.60. The predicted molar refractivity (Wildman–Crippen MR) is 116 cm³/mol. The van der Waals surface area contributed by atoms with Crippen molar-refractivity contribution >= 4 is 11.6 Å². The van der Waals surface area contributed by atoms with Gasteiger partial charge in [0.05, 0.1) is 19.6 Å². The number of aliphatic hydroxyl groups excluding tert-OH is 1. The van der Waals surface area contributed by atoms with Crippen LogP contribution in [0.4, 0.5) is 0 Å². The number of rotatable bonds is 3. The van der Waals surface area contributed by atoms with E-state index in [1.165, 1.54) is 13.2 Å². The summed E-state index contributed by atoms with van der Waals surface area (Å²) in [6.45, 7) is 0.0452. The Labute approximate surface area is 198 Å². The Morgan fingerprint density at radius 3 is 2.60 bits per heavy atom. The second kappa shape index (κ2) is 7.20. The molecule has 0 spiro atoms. The molecule has 2 aromatic carbocycles. The van der Waals surface area contributed by atoms with Crippen molar-refractivity contribution in [3.8, 4) is 28.7 Å². The molecule has 7 rings (SSSR count). The number of methoxy groups -OCH3 is 1. The van der Waals surface area contributed by atoms with E-state index in [-0.39, 0.29) is 35.2 Å². The molecule has 4 bridgehead atoms. The average Bonchev–Trinajstić information content (AvgIpc) is 3.14. The molecule has 10 heteroatoms. The van der Waals surface area contributed by atoms with Gasteiger partial charge in [-0.3, -0.25) is 9.59 Å². The Bertz CT molecular complexity index is 1320. The van der Waals surface area contributed by atoms with Gasteiger partial charge in [0.2, 0.25) is 11.6 Å². The van der Waals surface area contributed by atoms with Crippen molar-refractivity contribution in [3.63, 3.8) is 0 Å². The lowest BCUT2D eigenvalue weighted by atomic mass is 9.55. The largest absolute Gasteiger partial charge is 0.508 e. The van der Waals surface area contributed by atoms with E-state index < -0.39 is 59.0 Å². The molecule has 10 nitrogen and oxygen atoms in total. The van der Waals surface area contributed by atoms with Crippen LogP contribution in [0.5, 0.6) is 28.7 Å². The number of hydrogen-bond acceptors (Lipinski definition) is 10. The number of aromatic hydroxyl groups is 3.